The number of nitrogens with one attached hydrogen (secondary N) is 2. The summed E-state index contributed by atoms with van der Waals surface area (Å²) in [4.78, 5) is 32.3. The summed E-state index contributed by atoms with van der Waals surface area (Å²) in [5.41, 5.74) is -0.189. The number of nitrogens with zero attached hydrogens (tertiary/aromatic N) is 3. The molecule has 0 saturated carbocycles. The number of H-pyrrole nitrogens is 1. The number of halogens is 3. The van der Waals surface area contributed by atoms with E-state index >= 15 is 0 Å². The molecule has 0 aliphatic rings. The number of aromatic nitrogens is 2. The van der Waals surface area contributed by atoms with Crippen molar-refractivity contribution in [2.75, 3.05) is 5.32 Å². The maximum atomic E-state index is 12.2. The van der Waals surface area contributed by atoms with Crippen LogP contribution in [0.3, 0.4) is 0 Å². The first-order chi connectivity index (χ1) is 10.7. The number of aromatic amines is 1. The summed E-state index contributed by atoms with van der Waals surface area (Å²) < 4.78 is 0.412. The number of hydrogen-bond acceptors (Lipinski definition) is 6. The first-order valence-electron chi connectivity index (χ1n) is 5.55. The molecule has 1 heterocycles. The van der Waals surface area contributed by atoms with Crippen LogP contribution in [0.1, 0.15) is 10.5 Å². The van der Waals surface area contributed by atoms with Crippen molar-refractivity contribution in [2.24, 2.45) is 0 Å². The van der Waals surface area contributed by atoms with E-state index in [9.17, 15) is 25.0 Å². The van der Waals surface area contributed by atoms with Crippen LogP contribution in [0, 0.1) is 20.2 Å². The number of amides is 1. The second-order valence-corrected chi connectivity index (χ2v) is 6.49. The number of benzene rings is 1. The minimum atomic E-state index is -0.739. The summed E-state index contributed by atoms with van der Waals surface area (Å²) in [6, 6.07) is 2.42. The van der Waals surface area contributed by atoms with Crippen molar-refractivity contribution in [3.63, 3.8) is 0 Å². The number of non-ortho nitro benzene ring substituents is 1. The Hall–Kier alpha value is -1.86. The molecule has 2 aromatic rings. The standard InChI is InChI=1S/C10H4Br3N5O5/c11-4-1-3(17(20)21)2-5(12)7(4)14-10(19)8-6(13)9(16-15-8)18(22)23/h1-2H,(H,14,19)(H,15,16). The molecule has 0 saturated heterocycles. The Morgan fingerprint density at radius 2 is 1.70 bits per heavy atom. The van der Waals surface area contributed by atoms with Crippen LogP contribution in [0.25, 0.3) is 0 Å². The zero-order valence-corrected chi connectivity index (χ0v) is 15.4. The largest absolute Gasteiger partial charge is 0.358 e. The Morgan fingerprint density at radius 3 is 2.13 bits per heavy atom. The molecule has 1 amide bonds. The average Bonchev–Trinajstić information content (AvgIpc) is 2.84. The van der Waals surface area contributed by atoms with Crippen molar-refractivity contribution < 1.29 is 14.6 Å². The quantitative estimate of drug-likeness (QED) is 0.470. The second-order valence-electron chi connectivity index (χ2n) is 3.99. The fourth-order valence-electron chi connectivity index (χ4n) is 1.55. The van der Waals surface area contributed by atoms with Crippen LogP contribution in [0.4, 0.5) is 17.2 Å². The Balaban J connectivity index is 2.34. The van der Waals surface area contributed by atoms with Crippen molar-refractivity contribution in [3.05, 3.63) is 51.5 Å². The van der Waals surface area contributed by atoms with Gasteiger partial charge in [-0.2, -0.15) is 0 Å². The highest BCUT2D eigenvalue weighted by Crippen LogP contribution is 2.36. The molecule has 0 aliphatic carbocycles. The minimum absolute atomic E-state index is 0.103. The fourth-order valence-corrected chi connectivity index (χ4v) is 3.41. The third-order valence-corrected chi connectivity index (χ3v) is 4.57. The number of carbonyl (C=O) groups excluding carboxylic acids is 1. The highest BCUT2D eigenvalue weighted by Gasteiger charge is 2.26. The Kier molecular flexibility index (Phi) is 5.11. The van der Waals surface area contributed by atoms with Gasteiger partial charge in [0.1, 0.15) is 4.47 Å². The molecule has 2 rings (SSSR count). The predicted molar refractivity (Wildman–Crippen MR) is 89.4 cm³/mol. The molecular formula is C10H4Br3N5O5. The van der Waals surface area contributed by atoms with E-state index in [-0.39, 0.29) is 30.5 Å². The Morgan fingerprint density at radius 1 is 1.13 bits per heavy atom. The van der Waals surface area contributed by atoms with Gasteiger partial charge in [-0.25, -0.2) is 0 Å². The van der Waals surface area contributed by atoms with E-state index in [1.54, 1.807) is 0 Å². The van der Waals surface area contributed by atoms with E-state index in [1.165, 1.54) is 12.1 Å². The number of hydrogen-bond donors (Lipinski definition) is 2. The summed E-state index contributed by atoms with van der Waals surface area (Å²) in [6.45, 7) is 0. The molecule has 0 radical (unpaired) electrons. The van der Waals surface area contributed by atoms with Gasteiger partial charge in [-0.1, -0.05) is 5.10 Å². The number of rotatable bonds is 4. The average molecular weight is 514 g/mol. The summed E-state index contributed by atoms with van der Waals surface area (Å²) in [7, 11) is 0. The molecule has 0 spiro atoms. The van der Waals surface area contributed by atoms with E-state index in [2.05, 4.69) is 63.3 Å². The Labute approximate surface area is 152 Å². The van der Waals surface area contributed by atoms with E-state index in [1.807, 2.05) is 0 Å². The van der Waals surface area contributed by atoms with Gasteiger partial charge in [-0.3, -0.25) is 14.9 Å². The second kappa shape index (κ2) is 6.72. The van der Waals surface area contributed by atoms with Crippen molar-refractivity contribution >= 4 is 70.9 Å². The van der Waals surface area contributed by atoms with Crippen molar-refractivity contribution in [1.29, 1.82) is 0 Å². The first-order valence-corrected chi connectivity index (χ1v) is 7.93. The van der Waals surface area contributed by atoms with E-state index in [0.717, 1.165) is 0 Å². The van der Waals surface area contributed by atoms with Gasteiger partial charge >= 0.3 is 5.82 Å². The Bertz CT molecular complexity index is 813. The minimum Gasteiger partial charge on any atom is -0.358 e. The van der Waals surface area contributed by atoms with Crippen LogP contribution < -0.4 is 5.32 Å². The molecule has 0 aliphatic heterocycles. The lowest BCUT2D eigenvalue weighted by atomic mass is 10.2. The molecule has 120 valence electrons. The molecule has 0 bridgehead atoms. The SMILES string of the molecule is O=C(Nc1c(Br)cc([N+](=O)[O-])cc1Br)c1n[nH]c([N+](=O)[O-])c1Br. The van der Waals surface area contributed by atoms with Gasteiger partial charge in [0, 0.05) is 21.1 Å². The number of carbonyl (C=O) groups is 1. The first kappa shape index (κ1) is 17.5. The monoisotopic (exact) mass is 511 g/mol. The molecule has 0 atom stereocenters. The zero-order chi connectivity index (χ0) is 17.3. The zero-order valence-electron chi connectivity index (χ0n) is 10.7. The van der Waals surface area contributed by atoms with Crippen molar-refractivity contribution in [1.82, 2.24) is 10.2 Å². The van der Waals surface area contributed by atoms with Crippen molar-refractivity contribution in [2.45, 2.75) is 0 Å². The number of anilines is 1. The van der Waals surface area contributed by atoms with Crippen LogP contribution in [-0.4, -0.2) is 26.0 Å². The maximum Gasteiger partial charge on any atom is 0.357 e. The van der Waals surface area contributed by atoms with E-state index in [0.29, 0.717) is 0 Å². The highest BCUT2D eigenvalue weighted by atomic mass is 79.9. The van der Waals surface area contributed by atoms with Crippen molar-refractivity contribution in [3.8, 4) is 0 Å². The molecule has 10 nitrogen and oxygen atoms in total. The summed E-state index contributed by atoms with van der Waals surface area (Å²) in [5, 5.41) is 29.6. The van der Waals surface area contributed by atoms with Crippen LogP contribution >= 0.6 is 47.8 Å². The van der Waals surface area contributed by atoms with Crippen LogP contribution in [0.2, 0.25) is 0 Å². The lowest BCUT2D eigenvalue weighted by Gasteiger charge is -2.08. The lowest BCUT2D eigenvalue weighted by Crippen LogP contribution is -2.14. The van der Waals surface area contributed by atoms with Gasteiger partial charge in [0.2, 0.25) is 0 Å². The third kappa shape index (κ3) is 3.56. The molecule has 1 aromatic heterocycles. The van der Waals surface area contributed by atoms with Crippen LogP contribution in [0.15, 0.2) is 25.6 Å². The molecule has 2 N–H and O–H groups in total. The van der Waals surface area contributed by atoms with E-state index < -0.39 is 21.6 Å². The molecule has 0 fully saturated rings. The molecular weight excluding hydrogens is 510 g/mol. The smallest absolute Gasteiger partial charge is 0.357 e. The number of nitro groups is 2. The molecule has 1 aromatic carbocycles. The van der Waals surface area contributed by atoms with Gasteiger partial charge in [0.05, 0.1) is 10.6 Å². The lowest BCUT2D eigenvalue weighted by molar-refractivity contribution is -0.390. The van der Waals surface area contributed by atoms with Gasteiger partial charge in [0.25, 0.3) is 11.6 Å². The summed E-state index contributed by atoms with van der Waals surface area (Å²) in [5.74, 6) is -1.20. The molecule has 23 heavy (non-hydrogen) atoms. The normalized spacial score (nSPS) is 10.4. The number of nitro benzene ring substituents is 1. The van der Waals surface area contributed by atoms with Gasteiger partial charge < -0.3 is 15.4 Å². The highest BCUT2D eigenvalue weighted by molar-refractivity contribution is 9.11. The fraction of sp³-hybridized carbons (Fsp3) is 0. The molecule has 0 unspecified atom stereocenters. The van der Waals surface area contributed by atoms with Gasteiger partial charge in [-0.05, 0) is 52.7 Å². The predicted octanol–water partition coefficient (Wildman–Crippen LogP) is 3.77. The maximum absolute atomic E-state index is 12.2. The topological polar surface area (TPSA) is 144 Å². The van der Waals surface area contributed by atoms with Gasteiger partial charge in [0.15, 0.2) is 5.69 Å². The van der Waals surface area contributed by atoms with Crippen LogP contribution in [-0.2, 0) is 0 Å². The summed E-state index contributed by atoms with van der Waals surface area (Å²) >= 11 is 9.16. The van der Waals surface area contributed by atoms with Crippen LogP contribution in [0.5, 0.6) is 0 Å². The van der Waals surface area contributed by atoms with E-state index in [4.69, 9.17) is 0 Å². The van der Waals surface area contributed by atoms with Gasteiger partial charge in [-0.15, -0.1) is 5.10 Å². The molecule has 13 heteroatoms. The summed E-state index contributed by atoms with van der Waals surface area (Å²) in [6.07, 6.45) is 0. The third-order valence-electron chi connectivity index (χ3n) is 2.56.